The van der Waals surface area contributed by atoms with Gasteiger partial charge in [0.1, 0.15) is 5.82 Å². The second kappa shape index (κ2) is 7.39. The average Bonchev–Trinajstić information content (AvgIpc) is 2.58. The molecule has 1 atom stereocenters. The molecule has 0 spiro atoms. The Labute approximate surface area is 126 Å². The molecule has 1 N–H and O–H groups in total. The lowest BCUT2D eigenvalue weighted by Crippen LogP contribution is -2.38. The van der Waals surface area contributed by atoms with Gasteiger partial charge in [-0.05, 0) is 49.5 Å². The third kappa shape index (κ3) is 4.72. The SMILES string of the molecule is CC(C)CC1CN(Cc2ccc(Cl)c(F)c2)CCCN1. The van der Waals surface area contributed by atoms with Crippen LogP contribution in [0.1, 0.15) is 32.3 Å². The largest absolute Gasteiger partial charge is 0.313 e. The Bertz CT molecular complexity index is 436. The van der Waals surface area contributed by atoms with Gasteiger partial charge in [0, 0.05) is 19.1 Å². The van der Waals surface area contributed by atoms with Crippen LogP contribution in [0.3, 0.4) is 0 Å². The van der Waals surface area contributed by atoms with Crippen LogP contribution in [0.25, 0.3) is 0 Å². The molecule has 1 fully saturated rings. The van der Waals surface area contributed by atoms with Gasteiger partial charge in [-0.25, -0.2) is 4.39 Å². The number of nitrogens with zero attached hydrogens (tertiary/aromatic N) is 1. The lowest BCUT2D eigenvalue weighted by Gasteiger charge is -2.25. The summed E-state index contributed by atoms with van der Waals surface area (Å²) in [5.41, 5.74) is 0.997. The second-order valence-electron chi connectivity index (χ2n) is 6.12. The standard InChI is InChI=1S/C16H24ClFN2/c1-12(2)8-14-11-20(7-3-6-19-14)10-13-4-5-15(17)16(18)9-13/h4-5,9,12,14,19H,3,6-8,10-11H2,1-2H3. The summed E-state index contributed by atoms with van der Waals surface area (Å²) in [6.45, 7) is 8.47. The molecule has 1 heterocycles. The van der Waals surface area contributed by atoms with Crippen LogP contribution in [0.4, 0.5) is 4.39 Å². The van der Waals surface area contributed by atoms with E-state index in [1.165, 1.54) is 6.42 Å². The minimum atomic E-state index is -0.323. The monoisotopic (exact) mass is 298 g/mol. The van der Waals surface area contributed by atoms with Crippen LogP contribution in [0.5, 0.6) is 0 Å². The Kier molecular flexibility index (Phi) is 5.82. The summed E-state index contributed by atoms with van der Waals surface area (Å²) >= 11 is 5.73. The maximum absolute atomic E-state index is 13.5. The topological polar surface area (TPSA) is 15.3 Å². The van der Waals surface area contributed by atoms with E-state index in [-0.39, 0.29) is 10.8 Å². The minimum Gasteiger partial charge on any atom is -0.313 e. The van der Waals surface area contributed by atoms with Crippen LogP contribution in [0.15, 0.2) is 18.2 Å². The molecule has 1 aromatic rings. The van der Waals surface area contributed by atoms with Crippen molar-refractivity contribution < 1.29 is 4.39 Å². The van der Waals surface area contributed by atoms with Crippen molar-refractivity contribution in [3.8, 4) is 0 Å². The maximum Gasteiger partial charge on any atom is 0.142 e. The summed E-state index contributed by atoms with van der Waals surface area (Å²) in [4.78, 5) is 2.41. The third-order valence-electron chi connectivity index (χ3n) is 3.71. The molecule has 1 aliphatic heterocycles. The van der Waals surface area contributed by atoms with Gasteiger partial charge >= 0.3 is 0 Å². The summed E-state index contributed by atoms with van der Waals surface area (Å²) in [7, 11) is 0. The molecule has 0 bridgehead atoms. The summed E-state index contributed by atoms with van der Waals surface area (Å²) in [5, 5.41) is 3.81. The lowest BCUT2D eigenvalue weighted by molar-refractivity contribution is 0.247. The molecule has 4 heteroatoms. The minimum absolute atomic E-state index is 0.198. The van der Waals surface area contributed by atoms with Gasteiger partial charge in [-0.3, -0.25) is 4.90 Å². The number of hydrogen-bond donors (Lipinski definition) is 1. The Balaban J connectivity index is 1.97. The molecular weight excluding hydrogens is 275 g/mol. The molecule has 1 saturated heterocycles. The van der Waals surface area contributed by atoms with Crippen LogP contribution < -0.4 is 5.32 Å². The van der Waals surface area contributed by atoms with Crippen LogP contribution in [0.2, 0.25) is 5.02 Å². The molecule has 0 saturated carbocycles. The molecule has 0 radical (unpaired) electrons. The van der Waals surface area contributed by atoms with Gasteiger partial charge in [0.2, 0.25) is 0 Å². The van der Waals surface area contributed by atoms with E-state index in [1.807, 2.05) is 6.07 Å². The predicted octanol–water partition coefficient (Wildman–Crippen LogP) is 3.69. The van der Waals surface area contributed by atoms with Crippen molar-refractivity contribution in [3.63, 3.8) is 0 Å². The first kappa shape index (κ1) is 15.7. The fraction of sp³-hybridized carbons (Fsp3) is 0.625. The second-order valence-corrected chi connectivity index (χ2v) is 6.52. The number of benzene rings is 1. The van der Waals surface area contributed by atoms with Gasteiger partial charge in [0.05, 0.1) is 5.02 Å². The normalized spacial score (nSPS) is 21.1. The summed E-state index contributed by atoms with van der Waals surface area (Å²) in [6, 6.07) is 5.65. The maximum atomic E-state index is 13.5. The Morgan fingerprint density at radius 2 is 2.25 bits per heavy atom. The molecule has 0 aromatic heterocycles. The fourth-order valence-corrected chi connectivity index (χ4v) is 2.96. The van der Waals surface area contributed by atoms with Crippen LogP contribution >= 0.6 is 11.6 Å². The molecule has 1 unspecified atom stereocenters. The summed E-state index contributed by atoms with van der Waals surface area (Å²) in [6.07, 6.45) is 2.33. The smallest absolute Gasteiger partial charge is 0.142 e. The molecule has 20 heavy (non-hydrogen) atoms. The van der Waals surface area contributed by atoms with Crippen molar-refractivity contribution in [1.29, 1.82) is 0 Å². The van der Waals surface area contributed by atoms with E-state index < -0.39 is 0 Å². The zero-order chi connectivity index (χ0) is 14.5. The van der Waals surface area contributed by atoms with Crippen molar-refractivity contribution in [1.82, 2.24) is 10.2 Å². The van der Waals surface area contributed by atoms with E-state index in [9.17, 15) is 4.39 Å². The molecule has 0 aliphatic carbocycles. The van der Waals surface area contributed by atoms with Crippen LogP contribution in [-0.2, 0) is 6.54 Å². The van der Waals surface area contributed by atoms with Gasteiger partial charge < -0.3 is 5.32 Å². The zero-order valence-corrected chi connectivity index (χ0v) is 13.1. The van der Waals surface area contributed by atoms with Crippen LogP contribution in [-0.4, -0.2) is 30.6 Å². The quantitative estimate of drug-likeness (QED) is 0.912. The Morgan fingerprint density at radius 3 is 2.95 bits per heavy atom. The van der Waals surface area contributed by atoms with Gasteiger partial charge in [-0.2, -0.15) is 0 Å². The summed E-state index contributed by atoms with van der Waals surface area (Å²) in [5.74, 6) is 0.372. The van der Waals surface area contributed by atoms with E-state index >= 15 is 0 Å². The van der Waals surface area contributed by atoms with Crippen molar-refractivity contribution in [2.24, 2.45) is 5.92 Å². The molecule has 0 amide bonds. The molecule has 112 valence electrons. The number of halogens is 2. The first-order chi connectivity index (χ1) is 9.54. The predicted molar refractivity (Wildman–Crippen MR) is 82.5 cm³/mol. The van der Waals surface area contributed by atoms with E-state index in [0.29, 0.717) is 12.0 Å². The van der Waals surface area contributed by atoms with E-state index in [2.05, 4.69) is 24.1 Å². The van der Waals surface area contributed by atoms with Crippen molar-refractivity contribution >= 4 is 11.6 Å². The Morgan fingerprint density at radius 1 is 1.45 bits per heavy atom. The number of hydrogen-bond acceptors (Lipinski definition) is 2. The highest BCUT2D eigenvalue weighted by Crippen LogP contribution is 2.18. The van der Waals surface area contributed by atoms with Gasteiger partial charge in [0.15, 0.2) is 0 Å². The molecule has 1 aromatic carbocycles. The lowest BCUT2D eigenvalue weighted by atomic mass is 10.0. The van der Waals surface area contributed by atoms with Crippen molar-refractivity contribution in [3.05, 3.63) is 34.6 Å². The van der Waals surface area contributed by atoms with E-state index in [1.54, 1.807) is 12.1 Å². The highest BCUT2D eigenvalue weighted by atomic mass is 35.5. The fourth-order valence-electron chi connectivity index (χ4n) is 2.84. The first-order valence-electron chi connectivity index (χ1n) is 7.44. The first-order valence-corrected chi connectivity index (χ1v) is 7.82. The van der Waals surface area contributed by atoms with E-state index in [0.717, 1.165) is 38.2 Å². The third-order valence-corrected chi connectivity index (χ3v) is 4.02. The Hall–Kier alpha value is -0.640. The van der Waals surface area contributed by atoms with Gasteiger partial charge in [-0.15, -0.1) is 0 Å². The van der Waals surface area contributed by atoms with Crippen molar-refractivity contribution in [2.75, 3.05) is 19.6 Å². The van der Waals surface area contributed by atoms with Crippen molar-refractivity contribution in [2.45, 2.75) is 39.3 Å². The highest BCUT2D eigenvalue weighted by Gasteiger charge is 2.18. The van der Waals surface area contributed by atoms with Gasteiger partial charge in [-0.1, -0.05) is 31.5 Å². The van der Waals surface area contributed by atoms with Gasteiger partial charge in [0.25, 0.3) is 0 Å². The van der Waals surface area contributed by atoms with E-state index in [4.69, 9.17) is 11.6 Å². The number of nitrogens with one attached hydrogen (secondary N) is 1. The molecule has 2 nitrogen and oxygen atoms in total. The molecule has 2 rings (SSSR count). The zero-order valence-electron chi connectivity index (χ0n) is 12.3. The molecular formula is C16H24ClFN2. The number of rotatable bonds is 4. The summed E-state index contributed by atoms with van der Waals surface area (Å²) < 4.78 is 13.5. The average molecular weight is 299 g/mol. The molecule has 1 aliphatic rings. The van der Waals surface area contributed by atoms with Crippen LogP contribution in [0, 0.1) is 11.7 Å². The highest BCUT2D eigenvalue weighted by molar-refractivity contribution is 6.30.